The van der Waals surface area contributed by atoms with Crippen LogP contribution in [0, 0.1) is 11.6 Å². The zero-order valence-electron chi connectivity index (χ0n) is 12.4. The quantitative estimate of drug-likeness (QED) is 0.734. The van der Waals surface area contributed by atoms with Gasteiger partial charge in [-0.05, 0) is 27.6 Å². The van der Waals surface area contributed by atoms with E-state index in [0.29, 0.717) is 5.65 Å². The van der Waals surface area contributed by atoms with E-state index in [9.17, 15) is 8.78 Å². The number of halogens is 3. The third-order valence-electron chi connectivity index (χ3n) is 3.62. The van der Waals surface area contributed by atoms with Crippen LogP contribution in [0.25, 0.3) is 11.0 Å². The first-order valence-corrected chi connectivity index (χ1v) is 7.54. The molecular weight excluding hydrogens is 370 g/mol. The number of nitrogens with zero attached hydrogens (tertiary/aromatic N) is 1. The highest BCUT2D eigenvalue weighted by molar-refractivity contribution is 9.10. The standard InChI is InChI=1S/C16H13BrF2N2O2/c1-22-12-5-13(23-2)15(19)11(14(12)18)3-8-6-20-16-10(8)4-9(17)7-21-16/h4-7H,3H2,1-2H3,(H,20,21). The van der Waals surface area contributed by atoms with Crippen molar-refractivity contribution in [2.45, 2.75) is 6.42 Å². The third kappa shape index (κ3) is 2.76. The number of hydrogen-bond acceptors (Lipinski definition) is 3. The smallest absolute Gasteiger partial charge is 0.171 e. The predicted molar refractivity (Wildman–Crippen MR) is 86.1 cm³/mol. The van der Waals surface area contributed by atoms with Crippen molar-refractivity contribution in [1.29, 1.82) is 0 Å². The summed E-state index contributed by atoms with van der Waals surface area (Å²) >= 11 is 3.35. The average molecular weight is 383 g/mol. The van der Waals surface area contributed by atoms with Crippen molar-refractivity contribution in [3.63, 3.8) is 0 Å². The van der Waals surface area contributed by atoms with Gasteiger partial charge in [-0.15, -0.1) is 0 Å². The van der Waals surface area contributed by atoms with Gasteiger partial charge in [0.25, 0.3) is 0 Å². The number of benzene rings is 1. The van der Waals surface area contributed by atoms with Crippen LogP contribution in [0.2, 0.25) is 0 Å². The monoisotopic (exact) mass is 382 g/mol. The highest BCUT2D eigenvalue weighted by atomic mass is 79.9. The fourth-order valence-corrected chi connectivity index (χ4v) is 2.79. The molecule has 120 valence electrons. The van der Waals surface area contributed by atoms with Gasteiger partial charge >= 0.3 is 0 Å². The predicted octanol–water partition coefficient (Wildman–Crippen LogP) is 4.21. The van der Waals surface area contributed by atoms with Gasteiger partial charge in [0, 0.05) is 40.3 Å². The lowest BCUT2D eigenvalue weighted by Crippen LogP contribution is -2.03. The number of fused-ring (bicyclic) bond motifs is 1. The van der Waals surface area contributed by atoms with Gasteiger partial charge in [0.2, 0.25) is 0 Å². The van der Waals surface area contributed by atoms with Crippen molar-refractivity contribution >= 4 is 27.0 Å². The fraction of sp³-hybridized carbons (Fsp3) is 0.188. The minimum atomic E-state index is -0.733. The summed E-state index contributed by atoms with van der Waals surface area (Å²) in [6.07, 6.45) is 3.39. The van der Waals surface area contributed by atoms with E-state index >= 15 is 0 Å². The van der Waals surface area contributed by atoms with Crippen LogP contribution in [0.5, 0.6) is 11.5 Å². The maximum absolute atomic E-state index is 14.5. The maximum atomic E-state index is 14.5. The molecule has 2 heterocycles. The maximum Gasteiger partial charge on any atom is 0.171 e. The highest BCUT2D eigenvalue weighted by Gasteiger charge is 2.21. The Balaban J connectivity index is 2.13. The zero-order valence-corrected chi connectivity index (χ0v) is 14.0. The van der Waals surface area contributed by atoms with Gasteiger partial charge in [0.05, 0.1) is 14.2 Å². The second-order valence-electron chi connectivity index (χ2n) is 4.93. The average Bonchev–Trinajstić information content (AvgIpc) is 2.94. The van der Waals surface area contributed by atoms with Crippen LogP contribution in [0.15, 0.2) is 29.0 Å². The summed E-state index contributed by atoms with van der Waals surface area (Å²) in [5.74, 6) is -1.58. The first kappa shape index (κ1) is 15.7. The Morgan fingerprint density at radius 2 is 1.78 bits per heavy atom. The SMILES string of the molecule is COc1cc(OC)c(F)c(Cc2c[nH]c3ncc(Br)cc23)c1F. The Bertz CT molecular complexity index is 852. The van der Waals surface area contributed by atoms with E-state index in [0.717, 1.165) is 15.4 Å². The van der Waals surface area contributed by atoms with Gasteiger partial charge in [-0.25, -0.2) is 13.8 Å². The minimum absolute atomic E-state index is 0.0450. The normalized spacial score (nSPS) is 11.0. The molecule has 0 amide bonds. The van der Waals surface area contributed by atoms with Gasteiger partial charge in [-0.1, -0.05) is 0 Å². The van der Waals surface area contributed by atoms with Crippen molar-refractivity contribution in [2.75, 3.05) is 14.2 Å². The van der Waals surface area contributed by atoms with Crippen LogP contribution in [-0.2, 0) is 6.42 Å². The van der Waals surface area contributed by atoms with E-state index in [1.165, 1.54) is 20.3 Å². The molecule has 3 rings (SSSR count). The molecule has 3 aromatic rings. The number of nitrogens with one attached hydrogen (secondary N) is 1. The van der Waals surface area contributed by atoms with Crippen molar-refractivity contribution in [3.8, 4) is 11.5 Å². The molecule has 0 bridgehead atoms. The van der Waals surface area contributed by atoms with Crippen LogP contribution < -0.4 is 9.47 Å². The molecule has 1 aromatic carbocycles. The number of aromatic amines is 1. The molecule has 0 spiro atoms. The molecule has 4 nitrogen and oxygen atoms in total. The first-order valence-electron chi connectivity index (χ1n) is 6.75. The summed E-state index contributed by atoms with van der Waals surface area (Å²) < 4.78 is 39.6. The number of hydrogen-bond donors (Lipinski definition) is 1. The molecule has 0 aliphatic rings. The minimum Gasteiger partial charge on any atom is -0.494 e. The van der Waals surface area contributed by atoms with Crippen LogP contribution in [0.1, 0.15) is 11.1 Å². The molecule has 2 aromatic heterocycles. The van der Waals surface area contributed by atoms with E-state index in [-0.39, 0.29) is 23.5 Å². The molecule has 0 saturated carbocycles. The summed E-state index contributed by atoms with van der Waals surface area (Å²) in [6, 6.07) is 3.04. The number of rotatable bonds is 4. The number of ether oxygens (including phenoxy) is 2. The summed E-state index contributed by atoms with van der Waals surface area (Å²) in [6.45, 7) is 0. The van der Waals surface area contributed by atoms with Crippen LogP contribution in [0.3, 0.4) is 0 Å². The molecule has 0 fully saturated rings. The molecule has 0 aliphatic carbocycles. The summed E-state index contributed by atoms with van der Waals surface area (Å²) in [5.41, 5.74) is 1.27. The Kier molecular flexibility index (Phi) is 4.21. The van der Waals surface area contributed by atoms with E-state index < -0.39 is 11.6 Å². The molecule has 0 aliphatic heterocycles. The fourth-order valence-electron chi connectivity index (χ4n) is 2.46. The molecule has 0 saturated heterocycles. The van der Waals surface area contributed by atoms with Crippen molar-refractivity contribution < 1.29 is 18.3 Å². The second kappa shape index (κ2) is 6.16. The van der Waals surface area contributed by atoms with Crippen molar-refractivity contribution in [3.05, 3.63) is 51.8 Å². The molecule has 0 unspecified atom stereocenters. The number of H-pyrrole nitrogens is 1. The molecule has 7 heteroatoms. The highest BCUT2D eigenvalue weighted by Crippen LogP contribution is 2.33. The van der Waals surface area contributed by atoms with E-state index in [4.69, 9.17) is 9.47 Å². The van der Waals surface area contributed by atoms with E-state index in [1.54, 1.807) is 12.4 Å². The summed E-state index contributed by atoms with van der Waals surface area (Å²) in [5, 5.41) is 0.792. The Morgan fingerprint density at radius 1 is 1.13 bits per heavy atom. The third-order valence-corrected chi connectivity index (χ3v) is 4.05. The lowest BCUT2D eigenvalue weighted by Gasteiger charge is -2.12. The topological polar surface area (TPSA) is 47.1 Å². The lowest BCUT2D eigenvalue weighted by molar-refractivity contribution is 0.354. The first-order chi connectivity index (χ1) is 11.0. The second-order valence-corrected chi connectivity index (χ2v) is 5.84. The number of methoxy groups -OCH3 is 2. The summed E-state index contributed by atoms with van der Waals surface area (Å²) in [4.78, 5) is 7.21. The van der Waals surface area contributed by atoms with Gasteiger partial charge in [-0.3, -0.25) is 0 Å². The van der Waals surface area contributed by atoms with Crippen LogP contribution in [0.4, 0.5) is 8.78 Å². The van der Waals surface area contributed by atoms with Crippen LogP contribution >= 0.6 is 15.9 Å². The van der Waals surface area contributed by atoms with Gasteiger partial charge in [-0.2, -0.15) is 0 Å². The van der Waals surface area contributed by atoms with Gasteiger partial charge in [0.15, 0.2) is 23.1 Å². The van der Waals surface area contributed by atoms with Crippen molar-refractivity contribution in [2.24, 2.45) is 0 Å². The molecule has 0 atom stereocenters. The summed E-state index contributed by atoms with van der Waals surface area (Å²) in [7, 11) is 2.65. The lowest BCUT2D eigenvalue weighted by atomic mass is 10.0. The molecule has 0 radical (unpaired) electrons. The van der Waals surface area contributed by atoms with E-state index in [2.05, 4.69) is 25.9 Å². The number of pyridine rings is 1. The van der Waals surface area contributed by atoms with E-state index in [1.807, 2.05) is 6.07 Å². The molecular formula is C16H13BrF2N2O2. The Labute approximate surface area is 139 Å². The Morgan fingerprint density at radius 3 is 2.39 bits per heavy atom. The zero-order chi connectivity index (χ0) is 16.6. The van der Waals surface area contributed by atoms with Crippen molar-refractivity contribution in [1.82, 2.24) is 9.97 Å². The molecule has 23 heavy (non-hydrogen) atoms. The van der Waals surface area contributed by atoms with Gasteiger partial charge in [0.1, 0.15) is 5.65 Å². The largest absolute Gasteiger partial charge is 0.494 e. The van der Waals surface area contributed by atoms with Gasteiger partial charge < -0.3 is 14.5 Å². The van der Waals surface area contributed by atoms with Crippen LogP contribution in [-0.4, -0.2) is 24.2 Å². The Hall–Kier alpha value is -2.15. The number of aromatic nitrogens is 2. The molecule has 1 N–H and O–H groups in total.